The van der Waals surface area contributed by atoms with E-state index in [4.69, 9.17) is 0 Å². The van der Waals surface area contributed by atoms with Gasteiger partial charge < -0.3 is 10.4 Å². The lowest BCUT2D eigenvalue weighted by atomic mass is 9.76. The van der Waals surface area contributed by atoms with Crippen LogP contribution in [0.5, 0.6) is 0 Å². The standard InChI is InChI=1S/C17H36N2O/c1-5-14-8-9-17(18-4)15(12-14)13-19(10-11-20)16(6-2)7-3/h14-18,20H,5-13H2,1-4H3. The van der Waals surface area contributed by atoms with E-state index in [0.717, 1.165) is 24.9 Å². The Bertz CT molecular complexity index is 243. The van der Waals surface area contributed by atoms with Gasteiger partial charge in [0.25, 0.3) is 0 Å². The van der Waals surface area contributed by atoms with Gasteiger partial charge >= 0.3 is 0 Å². The molecule has 3 heteroatoms. The first-order valence-corrected chi connectivity index (χ1v) is 8.72. The molecular weight excluding hydrogens is 248 g/mol. The summed E-state index contributed by atoms with van der Waals surface area (Å²) in [5.74, 6) is 1.65. The van der Waals surface area contributed by atoms with Gasteiger partial charge in [-0.1, -0.05) is 27.2 Å². The van der Waals surface area contributed by atoms with Crippen LogP contribution in [0, 0.1) is 11.8 Å². The molecule has 0 bridgehead atoms. The third-order valence-corrected chi connectivity index (χ3v) is 5.35. The predicted octanol–water partition coefficient (Wildman–Crippen LogP) is 2.88. The highest BCUT2D eigenvalue weighted by molar-refractivity contribution is 4.86. The first-order chi connectivity index (χ1) is 9.69. The van der Waals surface area contributed by atoms with E-state index in [1.54, 1.807) is 0 Å². The number of hydrogen-bond donors (Lipinski definition) is 2. The monoisotopic (exact) mass is 284 g/mol. The van der Waals surface area contributed by atoms with Crippen LogP contribution in [0.3, 0.4) is 0 Å². The maximum Gasteiger partial charge on any atom is 0.0558 e. The number of hydrogen-bond acceptors (Lipinski definition) is 3. The van der Waals surface area contributed by atoms with Crippen molar-refractivity contribution in [3.8, 4) is 0 Å². The Kier molecular flexibility index (Phi) is 8.74. The van der Waals surface area contributed by atoms with Crippen molar-refractivity contribution in [3.05, 3.63) is 0 Å². The van der Waals surface area contributed by atoms with E-state index in [1.807, 2.05) is 0 Å². The molecule has 1 fully saturated rings. The second kappa shape index (κ2) is 9.75. The normalized spacial score (nSPS) is 27.4. The summed E-state index contributed by atoms with van der Waals surface area (Å²) in [5, 5.41) is 12.9. The van der Waals surface area contributed by atoms with Crippen molar-refractivity contribution < 1.29 is 5.11 Å². The molecule has 3 nitrogen and oxygen atoms in total. The van der Waals surface area contributed by atoms with Gasteiger partial charge in [-0.2, -0.15) is 0 Å². The number of aliphatic hydroxyl groups is 1. The van der Waals surface area contributed by atoms with E-state index in [2.05, 4.69) is 38.0 Å². The number of aliphatic hydroxyl groups excluding tert-OH is 1. The molecule has 0 saturated heterocycles. The van der Waals surface area contributed by atoms with Crippen molar-refractivity contribution >= 4 is 0 Å². The van der Waals surface area contributed by atoms with Crippen LogP contribution in [0.1, 0.15) is 59.3 Å². The summed E-state index contributed by atoms with van der Waals surface area (Å²) in [6, 6.07) is 1.29. The molecule has 120 valence electrons. The third kappa shape index (κ3) is 5.01. The lowest BCUT2D eigenvalue weighted by molar-refractivity contribution is 0.0890. The van der Waals surface area contributed by atoms with Crippen molar-refractivity contribution in [2.45, 2.75) is 71.4 Å². The Hall–Kier alpha value is -0.120. The zero-order valence-corrected chi connectivity index (χ0v) is 14.1. The molecule has 1 aliphatic rings. The molecule has 3 atom stereocenters. The first-order valence-electron chi connectivity index (χ1n) is 8.72. The predicted molar refractivity (Wildman–Crippen MR) is 87.0 cm³/mol. The van der Waals surface area contributed by atoms with Crippen LogP contribution in [0.15, 0.2) is 0 Å². The minimum Gasteiger partial charge on any atom is -0.395 e. The molecule has 0 spiro atoms. The van der Waals surface area contributed by atoms with Crippen LogP contribution in [0.2, 0.25) is 0 Å². The van der Waals surface area contributed by atoms with E-state index in [0.29, 0.717) is 12.1 Å². The average molecular weight is 284 g/mol. The molecule has 2 N–H and O–H groups in total. The van der Waals surface area contributed by atoms with Crippen LogP contribution < -0.4 is 5.32 Å². The minimum atomic E-state index is 0.282. The summed E-state index contributed by atoms with van der Waals surface area (Å²) in [4.78, 5) is 2.53. The summed E-state index contributed by atoms with van der Waals surface area (Å²) in [7, 11) is 2.11. The van der Waals surface area contributed by atoms with Crippen LogP contribution in [-0.2, 0) is 0 Å². The van der Waals surface area contributed by atoms with Crippen molar-refractivity contribution in [3.63, 3.8) is 0 Å². The van der Waals surface area contributed by atoms with Gasteiger partial charge in [-0.05, 0) is 51.0 Å². The summed E-state index contributed by atoms with van der Waals surface area (Å²) in [5.41, 5.74) is 0. The zero-order valence-electron chi connectivity index (χ0n) is 14.1. The summed E-state index contributed by atoms with van der Waals surface area (Å²) >= 11 is 0. The fraction of sp³-hybridized carbons (Fsp3) is 1.00. The van der Waals surface area contributed by atoms with Crippen molar-refractivity contribution in [1.29, 1.82) is 0 Å². The lowest BCUT2D eigenvalue weighted by Gasteiger charge is -2.40. The van der Waals surface area contributed by atoms with Gasteiger partial charge in [0.1, 0.15) is 0 Å². The third-order valence-electron chi connectivity index (χ3n) is 5.35. The fourth-order valence-electron chi connectivity index (χ4n) is 3.97. The van der Waals surface area contributed by atoms with Gasteiger partial charge in [-0.15, -0.1) is 0 Å². The molecule has 1 saturated carbocycles. The molecule has 0 aromatic carbocycles. The highest BCUT2D eigenvalue weighted by Gasteiger charge is 2.31. The second-order valence-corrected chi connectivity index (χ2v) is 6.43. The second-order valence-electron chi connectivity index (χ2n) is 6.43. The fourth-order valence-corrected chi connectivity index (χ4v) is 3.97. The molecule has 0 aromatic heterocycles. The van der Waals surface area contributed by atoms with E-state index in [9.17, 15) is 5.11 Å². The summed E-state index contributed by atoms with van der Waals surface area (Å²) in [6.07, 6.45) is 7.73. The van der Waals surface area contributed by atoms with Crippen molar-refractivity contribution in [2.24, 2.45) is 11.8 Å². The molecule has 0 aliphatic heterocycles. The van der Waals surface area contributed by atoms with E-state index in [1.165, 1.54) is 38.5 Å². The minimum absolute atomic E-state index is 0.282. The lowest BCUT2D eigenvalue weighted by Crippen LogP contribution is -2.47. The Balaban J connectivity index is 2.66. The van der Waals surface area contributed by atoms with Crippen molar-refractivity contribution in [2.75, 3.05) is 26.7 Å². The molecule has 0 radical (unpaired) electrons. The van der Waals surface area contributed by atoms with E-state index in [-0.39, 0.29) is 6.61 Å². The van der Waals surface area contributed by atoms with Crippen molar-refractivity contribution in [1.82, 2.24) is 10.2 Å². The van der Waals surface area contributed by atoms with Crippen LogP contribution in [0.25, 0.3) is 0 Å². The molecule has 0 aromatic rings. The topological polar surface area (TPSA) is 35.5 Å². The summed E-state index contributed by atoms with van der Waals surface area (Å²) in [6.45, 7) is 9.12. The molecular formula is C17H36N2O. The SMILES string of the molecule is CCC1CCC(NC)C(CN(CCO)C(CC)CC)C1. The maximum absolute atomic E-state index is 9.37. The number of nitrogens with one attached hydrogen (secondary N) is 1. The Morgan fingerprint density at radius 3 is 2.40 bits per heavy atom. The molecule has 1 aliphatic carbocycles. The highest BCUT2D eigenvalue weighted by atomic mass is 16.3. The molecule has 1 rings (SSSR count). The molecule has 0 heterocycles. The van der Waals surface area contributed by atoms with E-state index < -0.39 is 0 Å². The van der Waals surface area contributed by atoms with Gasteiger partial charge in [0.2, 0.25) is 0 Å². The largest absolute Gasteiger partial charge is 0.395 e. The van der Waals surface area contributed by atoms with Gasteiger partial charge in [0.05, 0.1) is 6.61 Å². The Morgan fingerprint density at radius 2 is 1.90 bits per heavy atom. The number of nitrogens with zero attached hydrogens (tertiary/aromatic N) is 1. The van der Waals surface area contributed by atoms with Crippen LogP contribution in [0.4, 0.5) is 0 Å². The van der Waals surface area contributed by atoms with Crippen LogP contribution >= 0.6 is 0 Å². The summed E-state index contributed by atoms with van der Waals surface area (Å²) < 4.78 is 0. The Labute approximate surface area is 126 Å². The van der Waals surface area contributed by atoms with Gasteiger partial charge in [-0.25, -0.2) is 0 Å². The molecule has 20 heavy (non-hydrogen) atoms. The zero-order chi connectivity index (χ0) is 15.0. The van der Waals surface area contributed by atoms with Gasteiger partial charge in [0.15, 0.2) is 0 Å². The first kappa shape index (κ1) is 17.9. The highest BCUT2D eigenvalue weighted by Crippen LogP contribution is 2.32. The smallest absolute Gasteiger partial charge is 0.0558 e. The maximum atomic E-state index is 9.37. The average Bonchev–Trinajstić information content (AvgIpc) is 2.48. The van der Waals surface area contributed by atoms with Gasteiger partial charge in [0, 0.05) is 25.2 Å². The Morgan fingerprint density at radius 1 is 1.20 bits per heavy atom. The molecule has 3 unspecified atom stereocenters. The van der Waals surface area contributed by atoms with Gasteiger partial charge in [-0.3, -0.25) is 4.90 Å². The number of rotatable bonds is 9. The quantitative estimate of drug-likeness (QED) is 0.683. The van der Waals surface area contributed by atoms with E-state index >= 15 is 0 Å². The molecule has 0 amide bonds. The van der Waals surface area contributed by atoms with Crippen LogP contribution in [-0.4, -0.2) is 48.8 Å².